The van der Waals surface area contributed by atoms with Crippen LogP contribution in [-0.2, 0) is 17.8 Å². The van der Waals surface area contributed by atoms with Gasteiger partial charge in [-0.15, -0.1) is 0 Å². The Morgan fingerprint density at radius 3 is 2.80 bits per heavy atom. The summed E-state index contributed by atoms with van der Waals surface area (Å²) in [5, 5.41) is 2.72. The lowest BCUT2D eigenvalue weighted by Crippen LogP contribution is -2.24. The highest BCUT2D eigenvalue weighted by atomic mass is 16.5. The molecule has 4 heteroatoms. The standard InChI is InChI=1S/C21H21NO3/c23-20-12-11-18-10-9-16(14-19(18)20)6-4-5-13-22-21(24)25-15-17-7-2-1-3-8-17/h1-4,6-10,14H,5,11-13,15H2,(H,22,24). The first kappa shape index (κ1) is 17.0. The van der Waals surface area contributed by atoms with E-state index >= 15 is 0 Å². The summed E-state index contributed by atoms with van der Waals surface area (Å²) in [6.07, 6.45) is 5.72. The Labute approximate surface area is 147 Å². The fourth-order valence-corrected chi connectivity index (χ4v) is 2.81. The fraction of sp³-hybridized carbons (Fsp3) is 0.238. The number of benzene rings is 2. The van der Waals surface area contributed by atoms with E-state index < -0.39 is 6.09 Å². The highest BCUT2D eigenvalue weighted by Crippen LogP contribution is 2.23. The summed E-state index contributed by atoms with van der Waals surface area (Å²) < 4.78 is 5.14. The molecule has 1 aliphatic rings. The van der Waals surface area contributed by atoms with E-state index in [2.05, 4.69) is 5.32 Å². The SMILES string of the molecule is O=C(NCCC=Cc1ccc2c(c1)C(=O)CC2)OCc1ccccc1. The van der Waals surface area contributed by atoms with Crippen molar-refractivity contribution in [3.63, 3.8) is 0 Å². The zero-order valence-corrected chi connectivity index (χ0v) is 14.0. The maximum Gasteiger partial charge on any atom is 0.407 e. The molecule has 1 amide bonds. The topological polar surface area (TPSA) is 55.4 Å². The van der Waals surface area contributed by atoms with Gasteiger partial charge in [0.1, 0.15) is 6.61 Å². The van der Waals surface area contributed by atoms with E-state index in [1.807, 2.05) is 60.7 Å². The van der Waals surface area contributed by atoms with Crippen LogP contribution in [0.25, 0.3) is 6.08 Å². The van der Waals surface area contributed by atoms with Gasteiger partial charge in [0.15, 0.2) is 5.78 Å². The van der Waals surface area contributed by atoms with Crippen LogP contribution in [0.2, 0.25) is 0 Å². The second kappa shape index (κ2) is 8.29. The van der Waals surface area contributed by atoms with Crippen molar-refractivity contribution < 1.29 is 14.3 Å². The molecule has 0 spiro atoms. The van der Waals surface area contributed by atoms with E-state index in [1.165, 1.54) is 0 Å². The van der Waals surface area contributed by atoms with Crippen molar-refractivity contribution in [1.82, 2.24) is 5.32 Å². The molecule has 0 unspecified atom stereocenters. The fourth-order valence-electron chi connectivity index (χ4n) is 2.81. The van der Waals surface area contributed by atoms with Gasteiger partial charge < -0.3 is 10.1 Å². The van der Waals surface area contributed by atoms with Crippen molar-refractivity contribution >= 4 is 18.0 Å². The molecule has 2 aromatic rings. The number of ether oxygens (including phenoxy) is 1. The summed E-state index contributed by atoms with van der Waals surface area (Å²) in [7, 11) is 0. The number of nitrogens with one attached hydrogen (secondary N) is 1. The Bertz CT molecular complexity index is 781. The average molecular weight is 335 g/mol. The molecule has 2 aromatic carbocycles. The molecule has 4 nitrogen and oxygen atoms in total. The molecule has 1 N–H and O–H groups in total. The molecule has 25 heavy (non-hydrogen) atoms. The largest absolute Gasteiger partial charge is 0.445 e. The second-order valence-electron chi connectivity index (χ2n) is 6.02. The van der Waals surface area contributed by atoms with Gasteiger partial charge in [-0.3, -0.25) is 4.79 Å². The van der Waals surface area contributed by atoms with Crippen LogP contribution in [0.4, 0.5) is 4.79 Å². The molecule has 0 fully saturated rings. The molecule has 0 atom stereocenters. The molecule has 3 rings (SSSR count). The maximum absolute atomic E-state index is 11.7. The Morgan fingerprint density at radius 1 is 1.12 bits per heavy atom. The number of alkyl carbamates (subject to hydrolysis) is 1. The predicted octanol–water partition coefficient (Wildman–Crippen LogP) is 4.15. The lowest BCUT2D eigenvalue weighted by atomic mass is 10.1. The number of amides is 1. The molecule has 0 radical (unpaired) electrons. The monoisotopic (exact) mass is 335 g/mol. The van der Waals surface area contributed by atoms with E-state index in [9.17, 15) is 9.59 Å². The highest BCUT2D eigenvalue weighted by Gasteiger charge is 2.18. The minimum Gasteiger partial charge on any atom is -0.445 e. The van der Waals surface area contributed by atoms with Gasteiger partial charge >= 0.3 is 6.09 Å². The summed E-state index contributed by atoms with van der Waals surface area (Å²) in [5.74, 6) is 0.230. The van der Waals surface area contributed by atoms with Crippen molar-refractivity contribution in [2.45, 2.75) is 25.9 Å². The van der Waals surface area contributed by atoms with Gasteiger partial charge in [-0.2, -0.15) is 0 Å². The molecule has 0 bridgehead atoms. The summed E-state index contributed by atoms with van der Waals surface area (Å²) in [5.41, 5.74) is 3.97. The van der Waals surface area contributed by atoms with Crippen LogP contribution in [0.5, 0.6) is 0 Å². The number of fused-ring (bicyclic) bond motifs is 1. The molecule has 0 saturated carbocycles. The van der Waals surface area contributed by atoms with E-state index in [1.54, 1.807) is 0 Å². The lowest BCUT2D eigenvalue weighted by molar-refractivity contribution is 0.0994. The summed E-state index contributed by atoms with van der Waals surface area (Å²) >= 11 is 0. The quantitative estimate of drug-likeness (QED) is 0.807. The Kier molecular flexibility index (Phi) is 5.62. The van der Waals surface area contributed by atoms with E-state index in [-0.39, 0.29) is 12.4 Å². The molecule has 0 saturated heterocycles. The van der Waals surface area contributed by atoms with Crippen molar-refractivity contribution in [2.24, 2.45) is 0 Å². The van der Waals surface area contributed by atoms with Crippen molar-refractivity contribution in [2.75, 3.05) is 6.54 Å². The van der Waals surface area contributed by atoms with Gasteiger partial charge in [-0.1, -0.05) is 54.6 Å². The van der Waals surface area contributed by atoms with Crippen LogP contribution in [0.15, 0.2) is 54.6 Å². The van der Waals surface area contributed by atoms with E-state index in [4.69, 9.17) is 4.74 Å². The Hall–Kier alpha value is -2.88. The number of ketones is 1. The highest BCUT2D eigenvalue weighted by molar-refractivity contribution is 6.00. The third kappa shape index (κ3) is 4.80. The van der Waals surface area contributed by atoms with Crippen LogP contribution in [0.3, 0.4) is 0 Å². The molecule has 128 valence electrons. The van der Waals surface area contributed by atoms with Crippen molar-refractivity contribution in [1.29, 1.82) is 0 Å². The van der Waals surface area contributed by atoms with Crippen LogP contribution in [0.1, 0.15) is 39.9 Å². The average Bonchev–Trinajstić information content (AvgIpc) is 3.01. The van der Waals surface area contributed by atoms with Crippen LogP contribution >= 0.6 is 0 Å². The molecular weight excluding hydrogens is 314 g/mol. The number of hydrogen-bond acceptors (Lipinski definition) is 3. The normalized spacial score (nSPS) is 13.0. The summed E-state index contributed by atoms with van der Waals surface area (Å²) in [6.45, 7) is 0.777. The number of carbonyl (C=O) groups is 2. The van der Waals surface area contributed by atoms with Crippen LogP contribution in [-0.4, -0.2) is 18.4 Å². The van der Waals surface area contributed by atoms with Gasteiger partial charge in [0.2, 0.25) is 0 Å². The number of aryl methyl sites for hydroxylation is 1. The molecule has 0 aliphatic heterocycles. The lowest BCUT2D eigenvalue weighted by Gasteiger charge is -2.06. The van der Waals surface area contributed by atoms with Gasteiger partial charge in [0.05, 0.1) is 0 Å². The van der Waals surface area contributed by atoms with Gasteiger partial charge in [0, 0.05) is 18.5 Å². The summed E-state index contributed by atoms with van der Waals surface area (Å²) in [4.78, 5) is 23.4. The minimum absolute atomic E-state index is 0.230. The molecular formula is C21H21NO3. The Morgan fingerprint density at radius 2 is 1.96 bits per heavy atom. The second-order valence-corrected chi connectivity index (χ2v) is 6.02. The number of carbonyl (C=O) groups excluding carboxylic acids is 2. The third-order valence-corrected chi connectivity index (χ3v) is 4.16. The van der Waals surface area contributed by atoms with Crippen molar-refractivity contribution in [3.8, 4) is 0 Å². The number of hydrogen-bond donors (Lipinski definition) is 1. The third-order valence-electron chi connectivity index (χ3n) is 4.16. The maximum atomic E-state index is 11.7. The van der Waals surface area contributed by atoms with Gasteiger partial charge in [-0.25, -0.2) is 4.79 Å². The van der Waals surface area contributed by atoms with Crippen LogP contribution < -0.4 is 5.32 Å². The zero-order chi connectivity index (χ0) is 17.5. The number of rotatable bonds is 6. The predicted molar refractivity (Wildman–Crippen MR) is 97.4 cm³/mol. The first-order valence-electron chi connectivity index (χ1n) is 8.49. The van der Waals surface area contributed by atoms with Gasteiger partial charge in [-0.05, 0) is 35.6 Å². The minimum atomic E-state index is -0.416. The van der Waals surface area contributed by atoms with Gasteiger partial charge in [0.25, 0.3) is 0 Å². The Balaban J connectivity index is 1.38. The molecule has 0 aromatic heterocycles. The smallest absolute Gasteiger partial charge is 0.407 e. The van der Waals surface area contributed by atoms with Crippen molar-refractivity contribution in [3.05, 3.63) is 76.9 Å². The zero-order valence-electron chi connectivity index (χ0n) is 14.0. The van der Waals surface area contributed by atoms with Crippen LogP contribution in [0, 0.1) is 0 Å². The molecule has 0 heterocycles. The van der Waals surface area contributed by atoms with E-state index in [0.29, 0.717) is 19.4 Å². The number of Topliss-reactive ketones (excluding diaryl/α,β-unsaturated/α-hetero) is 1. The summed E-state index contributed by atoms with van der Waals surface area (Å²) in [6, 6.07) is 15.6. The molecule has 1 aliphatic carbocycles. The van der Waals surface area contributed by atoms with E-state index in [0.717, 1.165) is 28.7 Å². The first-order valence-corrected chi connectivity index (χ1v) is 8.49. The first-order chi connectivity index (χ1) is 12.2.